The summed E-state index contributed by atoms with van der Waals surface area (Å²) in [5.74, 6) is -0.556. The van der Waals surface area contributed by atoms with E-state index in [1.54, 1.807) is 43.3 Å². The first-order valence-corrected chi connectivity index (χ1v) is 10.1. The lowest BCUT2D eigenvalue weighted by Crippen LogP contribution is -2.33. The quantitative estimate of drug-likeness (QED) is 0.525. The van der Waals surface area contributed by atoms with E-state index in [-0.39, 0.29) is 31.2 Å². The zero-order valence-electron chi connectivity index (χ0n) is 17.1. The fraction of sp³-hybridized carbons (Fsp3) is 0.217. The molecule has 0 radical (unpaired) electrons. The van der Waals surface area contributed by atoms with Crippen LogP contribution >= 0.6 is 11.6 Å². The molecule has 7 nitrogen and oxygen atoms in total. The van der Waals surface area contributed by atoms with E-state index in [4.69, 9.17) is 17.3 Å². The van der Waals surface area contributed by atoms with E-state index in [0.29, 0.717) is 28.3 Å². The lowest BCUT2D eigenvalue weighted by atomic mass is 10.1. The number of aromatic nitrogens is 2. The molecule has 0 saturated heterocycles. The highest BCUT2D eigenvalue weighted by atomic mass is 35.5. The van der Waals surface area contributed by atoms with E-state index in [0.717, 1.165) is 15.8 Å². The SMILES string of the molecule is Cc1cnn(CC(=O)c2ccccc2)c(=O)c1CC(=O)NCc1cc(Cl)ccc1CN. The summed E-state index contributed by atoms with van der Waals surface area (Å²) in [4.78, 5) is 37.8. The largest absolute Gasteiger partial charge is 0.352 e. The van der Waals surface area contributed by atoms with Crippen molar-refractivity contribution >= 4 is 23.3 Å². The number of nitrogens with one attached hydrogen (secondary N) is 1. The molecular formula is C23H23ClN4O3. The first-order valence-electron chi connectivity index (χ1n) is 9.77. The molecule has 3 rings (SSSR count). The lowest BCUT2D eigenvalue weighted by molar-refractivity contribution is -0.120. The summed E-state index contributed by atoms with van der Waals surface area (Å²) in [6, 6.07) is 14.0. The highest BCUT2D eigenvalue weighted by Crippen LogP contribution is 2.16. The van der Waals surface area contributed by atoms with Crippen LogP contribution in [0.25, 0.3) is 0 Å². The fourth-order valence-electron chi connectivity index (χ4n) is 3.17. The molecule has 0 spiro atoms. The van der Waals surface area contributed by atoms with Crippen LogP contribution in [-0.4, -0.2) is 21.5 Å². The van der Waals surface area contributed by atoms with E-state index in [1.807, 2.05) is 12.1 Å². The van der Waals surface area contributed by atoms with Gasteiger partial charge in [0.25, 0.3) is 5.56 Å². The highest BCUT2D eigenvalue weighted by molar-refractivity contribution is 6.30. The average molecular weight is 439 g/mol. The molecule has 8 heteroatoms. The number of rotatable bonds is 8. The third-order valence-electron chi connectivity index (χ3n) is 4.95. The van der Waals surface area contributed by atoms with Crippen LogP contribution in [-0.2, 0) is 30.8 Å². The third-order valence-corrected chi connectivity index (χ3v) is 5.19. The summed E-state index contributed by atoms with van der Waals surface area (Å²) in [7, 11) is 0. The molecule has 1 amide bonds. The van der Waals surface area contributed by atoms with Gasteiger partial charge in [-0.25, -0.2) is 4.68 Å². The fourth-order valence-corrected chi connectivity index (χ4v) is 3.36. The van der Waals surface area contributed by atoms with Gasteiger partial charge in [0.2, 0.25) is 5.91 Å². The van der Waals surface area contributed by atoms with Gasteiger partial charge in [0.1, 0.15) is 6.54 Å². The summed E-state index contributed by atoms with van der Waals surface area (Å²) in [6.07, 6.45) is 1.37. The minimum atomic E-state index is -0.454. The Morgan fingerprint density at radius 3 is 2.58 bits per heavy atom. The molecular weight excluding hydrogens is 416 g/mol. The minimum absolute atomic E-state index is 0.120. The van der Waals surface area contributed by atoms with E-state index in [2.05, 4.69) is 10.4 Å². The standard InChI is InChI=1S/C23H23ClN4O3/c1-15-12-27-28(14-21(29)16-5-3-2-4-6-16)23(31)20(15)10-22(30)26-13-18-9-19(24)8-7-17(18)11-25/h2-9,12H,10-11,13-14,25H2,1H3,(H,26,30). The number of hydrogen-bond donors (Lipinski definition) is 2. The molecule has 0 aliphatic carbocycles. The van der Waals surface area contributed by atoms with Crippen LogP contribution in [0.3, 0.4) is 0 Å². The lowest BCUT2D eigenvalue weighted by Gasteiger charge is -2.12. The maximum atomic E-state index is 12.8. The molecule has 1 heterocycles. The summed E-state index contributed by atoms with van der Waals surface area (Å²) in [5.41, 5.74) is 8.37. The van der Waals surface area contributed by atoms with Crippen LogP contribution < -0.4 is 16.6 Å². The second-order valence-electron chi connectivity index (χ2n) is 7.13. The molecule has 160 valence electrons. The van der Waals surface area contributed by atoms with Gasteiger partial charge in [-0.15, -0.1) is 0 Å². The molecule has 0 saturated carbocycles. The number of nitrogens with zero attached hydrogens (tertiary/aromatic N) is 2. The molecule has 0 atom stereocenters. The number of amides is 1. The number of hydrogen-bond acceptors (Lipinski definition) is 5. The van der Waals surface area contributed by atoms with E-state index in [1.165, 1.54) is 6.20 Å². The van der Waals surface area contributed by atoms with Crippen molar-refractivity contribution in [1.29, 1.82) is 0 Å². The van der Waals surface area contributed by atoms with Crippen LogP contribution in [0.5, 0.6) is 0 Å². The molecule has 0 aliphatic rings. The Kier molecular flexibility index (Phi) is 7.33. The van der Waals surface area contributed by atoms with Crippen LogP contribution in [0, 0.1) is 6.92 Å². The zero-order chi connectivity index (χ0) is 22.4. The summed E-state index contributed by atoms with van der Waals surface area (Å²) >= 11 is 6.03. The first kappa shape index (κ1) is 22.4. The number of halogens is 1. The third kappa shape index (κ3) is 5.65. The van der Waals surface area contributed by atoms with Crippen molar-refractivity contribution < 1.29 is 9.59 Å². The van der Waals surface area contributed by atoms with Crippen LogP contribution in [0.15, 0.2) is 59.5 Å². The smallest absolute Gasteiger partial charge is 0.271 e. The Bertz CT molecular complexity index is 1160. The van der Waals surface area contributed by atoms with Gasteiger partial charge in [-0.1, -0.05) is 48.0 Å². The molecule has 3 N–H and O–H groups in total. The molecule has 0 fully saturated rings. The van der Waals surface area contributed by atoms with Crippen molar-refractivity contribution in [2.45, 2.75) is 33.0 Å². The van der Waals surface area contributed by atoms with Crippen LogP contribution in [0.2, 0.25) is 5.02 Å². The van der Waals surface area contributed by atoms with Gasteiger partial charge in [0.05, 0.1) is 12.6 Å². The number of ketones is 1. The van der Waals surface area contributed by atoms with Crippen molar-refractivity contribution in [2.24, 2.45) is 5.73 Å². The maximum absolute atomic E-state index is 12.8. The van der Waals surface area contributed by atoms with Gasteiger partial charge in [-0.2, -0.15) is 5.10 Å². The van der Waals surface area contributed by atoms with Crippen LogP contribution in [0.4, 0.5) is 0 Å². The zero-order valence-corrected chi connectivity index (χ0v) is 17.9. The van der Waals surface area contributed by atoms with Gasteiger partial charge in [-0.3, -0.25) is 14.4 Å². The van der Waals surface area contributed by atoms with Gasteiger partial charge in [0.15, 0.2) is 5.78 Å². The van der Waals surface area contributed by atoms with Gasteiger partial charge < -0.3 is 11.1 Å². The highest BCUT2D eigenvalue weighted by Gasteiger charge is 2.16. The Morgan fingerprint density at radius 2 is 1.87 bits per heavy atom. The van der Waals surface area contributed by atoms with Gasteiger partial charge >= 0.3 is 0 Å². The van der Waals surface area contributed by atoms with Gasteiger partial charge in [0, 0.05) is 29.2 Å². The van der Waals surface area contributed by atoms with Crippen molar-refractivity contribution in [3.63, 3.8) is 0 Å². The monoisotopic (exact) mass is 438 g/mol. The predicted molar refractivity (Wildman–Crippen MR) is 119 cm³/mol. The molecule has 3 aromatic rings. The second-order valence-corrected chi connectivity index (χ2v) is 7.57. The summed E-state index contributed by atoms with van der Waals surface area (Å²) in [6.45, 7) is 2.09. The minimum Gasteiger partial charge on any atom is -0.352 e. The van der Waals surface area contributed by atoms with Crippen molar-refractivity contribution in [1.82, 2.24) is 15.1 Å². The topological polar surface area (TPSA) is 107 Å². The maximum Gasteiger partial charge on any atom is 0.271 e. The number of aryl methyl sites for hydroxylation is 1. The Hall–Kier alpha value is -3.29. The Labute approximate surface area is 184 Å². The van der Waals surface area contributed by atoms with Crippen molar-refractivity contribution in [2.75, 3.05) is 0 Å². The Morgan fingerprint density at radius 1 is 1.13 bits per heavy atom. The average Bonchev–Trinajstić information content (AvgIpc) is 2.77. The molecule has 0 bridgehead atoms. The van der Waals surface area contributed by atoms with E-state index in [9.17, 15) is 14.4 Å². The predicted octanol–water partition coefficient (Wildman–Crippen LogP) is 2.41. The number of nitrogens with two attached hydrogens (primary N) is 1. The van der Waals surface area contributed by atoms with E-state index >= 15 is 0 Å². The number of Topliss-reactive ketones (excluding diaryl/α,β-unsaturated/α-hetero) is 1. The van der Waals surface area contributed by atoms with Crippen molar-refractivity contribution in [3.05, 3.63) is 97.9 Å². The summed E-state index contributed by atoms with van der Waals surface area (Å²) < 4.78 is 1.09. The van der Waals surface area contributed by atoms with Crippen LogP contribution in [0.1, 0.15) is 32.6 Å². The number of carbonyl (C=O) groups is 2. The molecule has 31 heavy (non-hydrogen) atoms. The summed E-state index contributed by atoms with van der Waals surface area (Å²) in [5, 5.41) is 7.41. The van der Waals surface area contributed by atoms with E-state index < -0.39 is 5.56 Å². The molecule has 0 aliphatic heterocycles. The first-order chi connectivity index (χ1) is 14.9. The normalized spacial score (nSPS) is 10.7. The molecule has 2 aromatic carbocycles. The number of carbonyl (C=O) groups excluding carboxylic acids is 2. The second kappa shape index (κ2) is 10.1. The Balaban J connectivity index is 1.72. The van der Waals surface area contributed by atoms with Crippen molar-refractivity contribution in [3.8, 4) is 0 Å². The van der Waals surface area contributed by atoms with Gasteiger partial charge in [-0.05, 0) is 35.7 Å². The number of benzene rings is 2. The molecule has 1 aromatic heterocycles. The molecule has 0 unspecified atom stereocenters.